The summed E-state index contributed by atoms with van der Waals surface area (Å²) >= 11 is 0. The smallest absolute Gasteiger partial charge is 0.132 e. The van der Waals surface area contributed by atoms with E-state index in [2.05, 4.69) is 5.92 Å². The van der Waals surface area contributed by atoms with Crippen LogP contribution in [0.2, 0.25) is 0 Å². The summed E-state index contributed by atoms with van der Waals surface area (Å²) in [6, 6.07) is 7.86. The monoisotopic (exact) mass is 281 g/mol. The third-order valence-corrected chi connectivity index (χ3v) is 3.65. The van der Waals surface area contributed by atoms with E-state index >= 15 is 0 Å². The van der Waals surface area contributed by atoms with Crippen molar-refractivity contribution in [2.45, 2.75) is 32.2 Å². The fourth-order valence-electron chi connectivity index (χ4n) is 2.51. The lowest BCUT2D eigenvalue weighted by Gasteiger charge is -2.06. The number of nitrogens with zero attached hydrogens (tertiary/aromatic N) is 2. The number of aromatic nitrogens is 2. The van der Waals surface area contributed by atoms with Crippen molar-refractivity contribution in [3.63, 3.8) is 0 Å². The predicted octanol–water partition coefficient (Wildman–Crippen LogP) is 3.04. The van der Waals surface area contributed by atoms with Crippen LogP contribution in [0.25, 0.3) is 11.3 Å². The average molecular weight is 281 g/mol. The molecule has 4 nitrogen and oxygen atoms in total. The molecule has 21 heavy (non-hydrogen) atoms. The van der Waals surface area contributed by atoms with Gasteiger partial charge in [0.05, 0.1) is 13.2 Å². The fourth-order valence-corrected chi connectivity index (χ4v) is 2.51. The van der Waals surface area contributed by atoms with Crippen LogP contribution in [0.3, 0.4) is 0 Å². The Morgan fingerprint density at radius 1 is 1.48 bits per heavy atom. The van der Waals surface area contributed by atoms with Gasteiger partial charge in [-0.05, 0) is 31.9 Å². The molecule has 0 saturated heterocycles. The lowest BCUT2D eigenvalue weighted by Crippen LogP contribution is -2.05. The summed E-state index contributed by atoms with van der Waals surface area (Å²) in [7, 11) is 0. The summed E-state index contributed by atoms with van der Waals surface area (Å²) in [6.45, 7) is 3.07. The van der Waals surface area contributed by atoms with E-state index in [1.54, 1.807) is 0 Å². The van der Waals surface area contributed by atoms with Gasteiger partial charge < -0.3 is 15.0 Å². The molecule has 0 atom stereocenters. The molecule has 1 aromatic carbocycles. The van der Waals surface area contributed by atoms with Crippen LogP contribution in [0, 0.1) is 12.3 Å². The topological polar surface area (TPSA) is 53.1 Å². The van der Waals surface area contributed by atoms with Crippen LogP contribution in [0.5, 0.6) is 5.75 Å². The molecule has 1 saturated carbocycles. The Hall–Kier alpha value is -2.41. The normalized spacial score (nSPS) is 13.9. The van der Waals surface area contributed by atoms with Crippen molar-refractivity contribution in [1.29, 1.82) is 0 Å². The number of nitrogens with two attached hydrogens (primary N) is 1. The van der Waals surface area contributed by atoms with Crippen LogP contribution < -0.4 is 10.5 Å². The molecule has 1 fully saturated rings. The van der Waals surface area contributed by atoms with Gasteiger partial charge in [0.15, 0.2) is 0 Å². The first-order valence-corrected chi connectivity index (χ1v) is 7.27. The fraction of sp³-hybridized carbons (Fsp3) is 0.353. The summed E-state index contributed by atoms with van der Waals surface area (Å²) in [4.78, 5) is 4.75. The van der Waals surface area contributed by atoms with Crippen molar-refractivity contribution in [3.05, 3.63) is 30.1 Å². The van der Waals surface area contributed by atoms with Gasteiger partial charge >= 0.3 is 0 Å². The molecule has 3 rings (SSSR count). The average Bonchev–Trinajstić information content (AvgIpc) is 3.27. The lowest BCUT2D eigenvalue weighted by atomic mass is 10.1. The number of hydrogen-bond donors (Lipinski definition) is 1. The molecule has 1 aliphatic rings. The molecule has 0 bridgehead atoms. The minimum absolute atomic E-state index is 0.468. The number of hydrogen-bond acceptors (Lipinski definition) is 3. The van der Waals surface area contributed by atoms with Crippen LogP contribution in [0.4, 0.5) is 5.82 Å². The number of rotatable bonds is 5. The Balaban J connectivity index is 2.04. The summed E-state index contributed by atoms with van der Waals surface area (Å²) in [5.74, 6) is 5.65. The molecule has 0 radical (unpaired) electrons. The van der Waals surface area contributed by atoms with Gasteiger partial charge in [-0.2, -0.15) is 0 Å². The number of terminal acetylenes is 1. The lowest BCUT2D eigenvalue weighted by molar-refractivity contribution is 0.340. The van der Waals surface area contributed by atoms with Gasteiger partial charge in [0, 0.05) is 11.5 Å². The van der Waals surface area contributed by atoms with E-state index in [-0.39, 0.29) is 0 Å². The minimum Gasteiger partial charge on any atom is -0.494 e. The Morgan fingerprint density at radius 3 is 2.95 bits per heavy atom. The second-order valence-corrected chi connectivity index (χ2v) is 5.23. The SMILES string of the molecule is C#CCn1c(C2CC2)nc(-c2cccc(OCC)c2)c1N. The maximum atomic E-state index is 6.28. The molecule has 2 aromatic rings. The quantitative estimate of drug-likeness (QED) is 0.857. The minimum atomic E-state index is 0.468. The Kier molecular flexibility index (Phi) is 3.57. The molecule has 0 spiro atoms. The molecule has 0 aliphatic heterocycles. The van der Waals surface area contributed by atoms with Crippen molar-refractivity contribution in [3.8, 4) is 29.4 Å². The number of benzene rings is 1. The highest BCUT2D eigenvalue weighted by atomic mass is 16.5. The highest BCUT2D eigenvalue weighted by Gasteiger charge is 2.30. The van der Waals surface area contributed by atoms with E-state index in [0.717, 1.165) is 22.8 Å². The Morgan fingerprint density at radius 2 is 2.29 bits per heavy atom. The Labute approximate surface area is 124 Å². The molecular weight excluding hydrogens is 262 g/mol. The van der Waals surface area contributed by atoms with E-state index in [4.69, 9.17) is 21.9 Å². The zero-order valence-electron chi connectivity index (χ0n) is 12.2. The number of anilines is 1. The first-order valence-electron chi connectivity index (χ1n) is 7.27. The van der Waals surface area contributed by atoms with Crippen LogP contribution >= 0.6 is 0 Å². The maximum absolute atomic E-state index is 6.28. The van der Waals surface area contributed by atoms with E-state index < -0.39 is 0 Å². The molecule has 2 N–H and O–H groups in total. The van der Waals surface area contributed by atoms with Crippen LogP contribution in [-0.4, -0.2) is 16.2 Å². The summed E-state index contributed by atoms with van der Waals surface area (Å²) in [6.07, 6.45) is 7.79. The van der Waals surface area contributed by atoms with Crippen LogP contribution in [0.15, 0.2) is 24.3 Å². The molecule has 1 heterocycles. The van der Waals surface area contributed by atoms with Gasteiger partial charge in [-0.1, -0.05) is 18.1 Å². The highest BCUT2D eigenvalue weighted by Crippen LogP contribution is 2.42. The van der Waals surface area contributed by atoms with Crippen molar-refractivity contribution >= 4 is 5.82 Å². The third kappa shape index (κ3) is 2.59. The summed E-state index contributed by atoms with van der Waals surface area (Å²) in [5.41, 5.74) is 8.04. The Bertz CT molecular complexity index is 693. The van der Waals surface area contributed by atoms with E-state index in [1.807, 2.05) is 35.8 Å². The molecular formula is C17H19N3O. The largest absolute Gasteiger partial charge is 0.494 e. The van der Waals surface area contributed by atoms with Crippen molar-refractivity contribution < 1.29 is 4.74 Å². The molecule has 1 aromatic heterocycles. The van der Waals surface area contributed by atoms with Crippen molar-refractivity contribution in [2.24, 2.45) is 0 Å². The number of nitrogen functional groups attached to an aromatic ring is 1. The first kappa shape index (κ1) is 13.6. The van der Waals surface area contributed by atoms with E-state index in [9.17, 15) is 0 Å². The van der Waals surface area contributed by atoms with Gasteiger partial charge in [-0.3, -0.25) is 0 Å². The highest BCUT2D eigenvalue weighted by molar-refractivity contribution is 5.72. The molecule has 0 amide bonds. The summed E-state index contributed by atoms with van der Waals surface area (Å²) in [5, 5.41) is 0. The first-order chi connectivity index (χ1) is 10.2. The van der Waals surface area contributed by atoms with Gasteiger partial charge in [0.25, 0.3) is 0 Å². The molecule has 0 unspecified atom stereocenters. The molecule has 4 heteroatoms. The van der Waals surface area contributed by atoms with Crippen molar-refractivity contribution in [1.82, 2.24) is 9.55 Å². The number of ether oxygens (including phenoxy) is 1. The maximum Gasteiger partial charge on any atom is 0.132 e. The van der Waals surface area contributed by atoms with E-state index in [1.165, 1.54) is 12.8 Å². The van der Waals surface area contributed by atoms with Gasteiger partial charge in [-0.15, -0.1) is 6.42 Å². The van der Waals surface area contributed by atoms with Crippen molar-refractivity contribution in [2.75, 3.05) is 12.3 Å². The molecule has 1 aliphatic carbocycles. The van der Waals surface area contributed by atoms with Gasteiger partial charge in [0.2, 0.25) is 0 Å². The standard InChI is InChI=1S/C17H19N3O/c1-3-10-20-16(18)15(19-17(20)12-8-9-12)13-6-5-7-14(11-13)21-4-2/h1,5-7,11-12H,4,8-10,18H2,2H3. The zero-order valence-corrected chi connectivity index (χ0v) is 12.2. The molecule has 108 valence electrons. The second-order valence-electron chi connectivity index (χ2n) is 5.23. The number of imidazole rings is 1. The van der Waals surface area contributed by atoms with Gasteiger partial charge in [0.1, 0.15) is 23.1 Å². The second kappa shape index (κ2) is 5.53. The zero-order chi connectivity index (χ0) is 14.8. The van der Waals surface area contributed by atoms with E-state index in [0.29, 0.717) is 24.9 Å². The summed E-state index contributed by atoms with van der Waals surface area (Å²) < 4.78 is 7.50. The van der Waals surface area contributed by atoms with Gasteiger partial charge in [-0.25, -0.2) is 4.98 Å². The third-order valence-electron chi connectivity index (χ3n) is 3.65. The van der Waals surface area contributed by atoms with Crippen LogP contribution in [-0.2, 0) is 6.54 Å². The predicted molar refractivity (Wildman–Crippen MR) is 84.1 cm³/mol. The van der Waals surface area contributed by atoms with Crippen LogP contribution in [0.1, 0.15) is 31.5 Å².